The van der Waals surface area contributed by atoms with Gasteiger partial charge in [-0.1, -0.05) is 41.9 Å². The Hall–Kier alpha value is -2.37. The van der Waals surface area contributed by atoms with Crippen LogP contribution in [0.3, 0.4) is 0 Å². The Labute approximate surface area is 176 Å². The minimum Gasteiger partial charge on any atom is -0.352 e. The predicted molar refractivity (Wildman–Crippen MR) is 114 cm³/mol. The Balaban J connectivity index is 1.26. The molecule has 2 bridgehead atoms. The van der Waals surface area contributed by atoms with Crippen molar-refractivity contribution in [3.05, 3.63) is 70.7 Å². The largest absolute Gasteiger partial charge is 0.352 e. The van der Waals surface area contributed by atoms with Crippen LogP contribution in [0.2, 0.25) is 5.02 Å². The number of hydrogen-bond donors (Lipinski definition) is 2. The highest BCUT2D eigenvalue weighted by molar-refractivity contribution is 6.30. The van der Waals surface area contributed by atoms with Crippen LogP contribution >= 0.6 is 11.6 Å². The van der Waals surface area contributed by atoms with Crippen molar-refractivity contribution in [1.82, 2.24) is 15.5 Å². The monoisotopic (exact) mass is 411 g/mol. The van der Waals surface area contributed by atoms with E-state index in [9.17, 15) is 9.59 Å². The fourth-order valence-corrected chi connectivity index (χ4v) is 4.71. The van der Waals surface area contributed by atoms with E-state index in [1.807, 2.05) is 30.3 Å². The van der Waals surface area contributed by atoms with Crippen molar-refractivity contribution in [2.75, 3.05) is 6.54 Å². The first-order valence-corrected chi connectivity index (χ1v) is 10.6. The molecule has 2 aliphatic rings. The molecule has 2 heterocycles. The molecule has 4 rings (SSSR count). The van der Waals surface area contributed by atoms with Crippen molar-refractivity contribution in [1.29, 1.82) is 0 Å². The SMILES string of the molecule is O=C(CNC(=O)c1ccccc1)NC1C[C@H]2CC[C@H](C1)N2Cc1ccc(Cl)cc1. The Morgan fingerprint density at radius 1 is 0.966 bits per heavy atom. The number of rotatable bonds is 6. The summed E-state index contributed by atoms with van der Waals surface area (Å²) in [6, 6.07) is 18.2. The summed E-state index contributed by atoms with van der Waals surface area (Å²) in [5.74, 6) is -0.344. The second-order valence-corrected chi connectivity index (χ2v) is 8.40. The van der Waals surface area contributed by atoms with Gasteiger partial charge in [0, 0.05) is 35.3 Å². The summed E-state index contributed by atoms with van der Waals surface area (Å²) in [4.78, 5) is 27.0. The Morgan fingerprint density at radius 2 is 1.62 bits per heavy atom. The van der Waals surface area contributed by atoms with Crippen molar-refractivity contribution in [3.8, 4) is 0 Å². The van der Waals surface area contributed by atoms with E-state index in [2.05, 4.69) is 27.7 Å². The summed E-state index contributed by atoms with van der Waals surface area (Å²) in [5, 5.41) is 6.58. The zero-order chi connectivity index (χ0) is 20.2. The van der Waals surface area contributed by atoms with Crippen LogP contribution < -0.4 is 10.6 Å². The average molecular weight is 412 g/mol. The van der Waals surface area contributed by atoms with Gasteiger partial charge in [0.1, 0.15) is 0 Å². The van der Waals surface area contributed by atoms with E-state index in [0.29, 0.717) is 17.6 Å². The van der Waals surface area contributed by atoms with Gasteiger partial charge in [-0.3, -0.25) is 14.5 Å². The maximum atomic E-state index is 12.3. The minimum absolute atomic E-state index is 0.00799. The number of hydrogen-bond acceptors (Lipinski definition) is 3. The summed E-state index contributed by atoms with van der Waals surface area (Å²) in [5.41, 5.74) is 1.84. The van der Waals surface area contributed by atoms with Gasteiger partial charge in [-0.15, -0.1) is 0 Å². The van der Waals surface area contributed by atoms with Crippen LogP contribution in [0.5, 0.6) is 0 Å². The van der Waals surface area contributed by atoms with Gasteiger partial charge in [-0.05, 0) is 55.5 Å². The van der Waals surface area contributed by atoms with Gasteiger partial charge in [-0.2, -0.15) is 0 Å². The molecule has 2 aliphatic heterocycles. The zero-order valence-electron chi connectivity index (χ0n) is 16.3. The van der Waals surface area contributed by atoms with Crippen molar-refractivity contribution >= 4 is 23.4 Å². The van der Waals surface area contributed by atoms with Crippen LogP contribution in [0.25, 0.3) is 0 Å². The third-order valence-corrected chi connectivity index (χ3v) is 6.23. The molecular weight excluding hydrogens is 386 g/mol. The second kappa shape index (κ2) is 8.97. The number of nitrogens with zero attached hydrogens (tertiary/aromatic N) is 1. The molecule has 0 unspecified atom stereocenters. The van der Waals surface area contributed by atoms with Crippen molar-refractivity contribution < 1.29 is 9.59 Å². The molecule has 152 valence electrons. The summed E-state index contributed by atoms with van der Waals surface area (Å²) >= 11 is 5.99. The molecule has 2 N–H and O–H groups in total. The fraction of sp³-hybridized carbons (Fsp3) is 0.391. The topological polar surface area (TPSA) is 61.4 Å². The smallest absolute Gasteiger partial charge is 0.251 e. The number of nitrogens with one attached hydrogen (secondary N) is 2. The molecule has 0 spiro atoms. The first kappa shape index (κ1) is 19.9. The lowest BCUT2D eigenvalue weighted by molar-refractivity contribution is -0.121. The standard InChI is InChI=1S/C23H26ClN3O2/c24-18-8-6-16(7-9-18)15-27-20-10-11-21(27)13-19(12-20)26-22(28)14-25-23(29)17-4-2-1-3-5-17/h1-9,19-21H,10-15H2,(H,25,29)(H,26,28)/t20-,21-/m1/s1. The van der Waals surface area contributed by atoms with Crippen LogP contribution in [-0.2, 0) is 11.3 Å². The summed E-state index contributed by atoms with van der Waals surface area (Å²) < 4.78 is 0. The first-order chi connectivity index (χ1) is 14.1. The predicted octanol–water partition coefficient (Wildman–Crippen LogP) is 3.38. The van der Waals surface area contributed by atoms with E-state index in [0.717, 1.165) is 24.4 Å². The Kier molecular flexibility index (Phi) is 6.16. The zero-order valence-corrected chi connectivity index (χ0v) is 17.1. The molecule has 2 atom stereocenters. The molecule has 2 aromatic carbocycles. The number of fused-ring (bicyclic) bond motifs is 2. The lowest BCUT2D eigenvalue weighted by Gasteiger charge is -2.39. The number of piperidine rings is 1. The minimum atomic E-state index is -0.224. The molecule has 2 aromatic rings. The lowest BCUT2D eigenvalue weighted by atomic mass is 9.96. The lowest BCUT2D eigenvalue weighted by Crippen LogP contribution is -2.51. The van der Waals surface area contributed by atoms with E-state index in [-0.39, 0.29) is 24.4 Å². The Morgan fingerprint density at radius 3 is 2.28 bits per heavy atom. The maximum Gasteiger partial charge on any atom is 0.251 e. The van der Waals surface area contributed by atoms with Gasteiger partial charge in [0.15, 0.2) is 0 Å². The molecule has 29 heavy (non-hydrogen) atoms. The van der Waals surface area contributed by atoms with Gasteiger partial charge in [-0.25, -0.2) is 0 Å². The van der Waals surface area contributed by atoms with Crippen LogP contribution in [0.15, 0.2) is 54.6 Å². The van der Waals surface area contributed by atoms with Crippen LogP contribution in [0.1, 0.15) is 41.6 Å². The van der Waals surface area contributed by atoms with Crippen molar-refractivity contribution in [2.45, 2.75) is 50.4 Å². The summed E-state index contributed by atoms with van der Waals surface area (Å²) in [6.45, 7) is 0.939. The summed E-state index contributed by atoms with van der Waals surface area (Å²) in [7, 11) is 0. The molecule has 0 aromatic heterocycles. The molecule has 2 amide bonds. The molecule has 2 saturated heterocycles. The quantitative estimate of drug-likeness (QED) is 0.766. The molecule has 5 nitrogen and oxygen atoms in total. The molecule has 0 saturated carbocycles. The van der Waals surface area contributed by atoms with E-state index >= 15 is 0 Å². The highest BCUT2D eigenvalue weighted by Crippen LogP contribution is 2.36. The molecular formula is C23H26ClN3O2. The van der Waals surface area contributed by atoms with Crippen LogP contribution in [0, 0.1) is 0 Å². The number of benzene rings is 2. The Bertz CT molecular complexity index is 842. The van der Waals surface area contributed by atoms with Gasteiger partial charge >= 0.3 is 0 Å². The molecule has 2 fully saturated rings. The van der Waals surface area contributed by atoms with Crippen LogP contribution in [0.4, 0.5) is 0 Å². The van der Waals surface area contributed by atoms with Gasteiger partial charge in [0.05, 0.1) is 6.54 Å². The molecule has 6 heteroatoms. The molecule has 0 radical (unpaired) electrons. The van der Waals surface area contributed by atoms with Gasteiger partial charge in [0.25, 0.3) is 5.91 Å². The third kappa shape index (κ3) is 4.98. The van der Waals surface area contributed by atoms with E-state index in [1.54, 1.807) is 12.1 Å². The van der Waals surface area contributed by atoms with Gasteiger partial charge < -0.3 is 10.6 Å². The molecule has 0 aliphatic carbocycles. The van der Waals surface area contributed by atoms with E-state index < -0.39 is 0 Å². The van der Waals surface area contributed by atoms with E-state index in [1.165, 1.54) is 18.4 Å². The number of carbonyl (C=O) groups excluding carboxylic acids is 2. The van der Waals surface area contributed by atoms with Crippen molar-refractivity contribution in [3.63, 3.8) is 0 Å². The number of amides is 2. The number of carbonyl (C=O) groups is 2. The van der Waals surface area contributed by atoms with Crippen LogP contribution in [-0.4, -0.2) is 41.4 Å². The van der Waals surface area contributed by atoms with E-state index in [4.69, 9.17) is 11.6 Å². The third-order valence-electron chi connectivity index (χ3n) is 5.97. The highest BCUT2D eigenvalue weighted by Gasteiger charge is 2.40. The summed E-state index contributed by atoms with van der Waals surface area (Å²) in [6.07, 6.45) is 4.27. The average Bonchev–Trinajstić information content (AvgIpc) is 2.96. The fourth-order valence-electron chi connectivity index (χ4n) is 4.58. The second-order valence-electron chi connectivity index (χ2n) is 7.97. The maximum absolute atomic E-state index is 12.3. The van der Waals surface area contributed by atoms with Gasteiger partial charge in [0.2, 0.25) is 5.91 Å². The highest BCUT2D eigenvalue weighted by atomic mass is 35.5. The first-order valence-electron chi connectivity index (χ1n) is 10.2. The van der Waals surface area contributed by atoms with Crippen molar-refractivity contribution in [2.24, 2.45) is 0 Å². The number of halogens is 1. The normalized spacial score (nSPS) is 23.6.